The smallest absolute Gasteiger partial charge is 0.287 e. The molecular formula is C20H16ClN2OS+. The highest BCUT2D eigenvalue weighted by Gasteiger charge is 2.29. The number of halogens is 1. The maximum atomic E-state index is 13.1. The van der Waals surface area contributed by atoms with Crippen LogP contribution in [0.2, 0.25) is 5.02 Å². The van der Waals surface area contributed by atoms with Crippen molar-refractivity contribution < 1.29 is 10.1 Å². The molecule has 3 nitrogen and oxygen atoms in total. The zero-order valence-electron chi connectivity index (χ0n) is 13.4. The fraction of sp³-hybridized carbons (Fsp3) is 0.0500. The number of quaternary nitrogens is 1. The summed E-state index contributed by atoms with van der Waals surface area (Å²) >= 11 is 7.86. The Bertz CT molecular complexity index is 930. The standard InChI is InChI=1S/C20H15ClN2OS/c21-14-10-11-19-17(12-14)23(16-8-4-5-9-18(16)25-19)20(24)13-22-15-6-2-1-3-7-15/h1-12,22H,13H2/p+1. The molecule has 0 saturated carbocycles. The van der Waals surface area contributed by atoms with Crippen LogP contribution in [0.5, 0.6) is 0 Å². The van der Waals surface area contributed by atoms with Crippen LogP contribution < -0.4 is 10.2 Å². The van der Waals surface area contributed by atoms with Gasteiger partial charge in [-0.2, -0.15) is 0 Å². The van der Waals surface area contributed by atoms with Crippen LogP contribution in [0.3, 0.4) is 0 Å². The molecule has 3 aromatic carbocycles. The lowest BCUT2D eigenvalue weighted by Crippen LogP contribution is -2.80. The van der Waals surface area contributed by atoms with Crippen LogP contribution in [0.4, 0.5) is 17.1 Å². The average molecular weight is 368 g/mol. The summed E-state index contributed by atoms with van der Waals surface area (Å²) in [5, 5.41) is 2.58. The number of benzene rings is 3. The molecule has 25 heavy (non-hydrogen) atoms. The zero-order valence-corrected chi connectivity index (χ0v) is 14.9. The van der Waals surface area contributed by atoms with Crippen LogP contribution >= 0.6 is 23.4 Å². The van der Waals surface area contributed by atoms with Gasteiger partial charge in [0.1, 0.15) is 5.69 Å². The Kier molecular flexibility index (Phi) is 4.49. The highest BCUT2D eigenvalue weighted by Crippen LogP contribution is 2.48. The molecule has 1 aliphatic heterocycles. The minimum absolute atomic E-state index is 0.0279. The number of nitrogens with zero attached hydrogens (tertiary/aromatic N) is 1. The van der Waals surface area contributed by atoms with E-state index in [2.05, 4.69) is 0 Å². The molecule has 0 saturated heterocycles. The maximum absolute atomic E-state index is 13.1. The van der Waals surface area contributed by atoms with Crippen molar-refractivity contribution in [3.8, 4) is 0 Å². The number of nitrogens with two attached hydrogens (primary N) is 1. The van der Waals surface area contributed by atoms with E-state index in [4.69, 9.17) is 11.6 Å². The van der Waals surface area contributed by atoms with Crippen molar-refractivity contribution in [1.29, 1.82) is 0 Å². The van der Waals surface area contributed by atoms with Gasteiger partial charge in [0.25, 0.3) is 5.91 Å². The van der Waals surface area contributed by atoms with Crippen LogP contribution in [0.1, 0.15) is 0 Å². The van der Waals surface area contributed by atoms with Crippen molar-refractivity contribution in [2.45, 2.75) is 9.79 Å². The van der Waals surface area contributed by atoms with Crippen molar-refractivity contribution in [2.75, 3.05) is 11.4 Å². The second-order valence-corrected chi connectivity index (χ2v) is 7.25. The number of carbonyl (C=O) groups is 1. The van der Waals surface area contributed by atoms with E-state index in [1.165, 1.54) is 0 Å². The molecule has 1 amide bonds. The second-order valence-electron chi connectivity index (χ2n) is 5.73. The first-order valence-corrected chi connectivity index (χ1v) is 9.19. The molecule has 0 radical (unpaired) electrons. The largest absolute Gasteiger partial charge is 0.306 e. The van der Waals surface area contributed by atoms with Crippen molar-refractivity contribution in [3.05, 3.63) is 77.8 Å². The molecule has 0 atom stereocenters. The molecule has 0 aliphatic carbocycles. The predicted molar refractivity (Wildman–Crippen MR) is 102 cm³/mol. The third-order valence-electron chi connectivity index (χ3n) is 4.05. The van der Waals surface area contributed by atoms with Gasteiger partial charge < -0.3 is 5.32 Å². The Morgan fingerprint density at radius 3 is 2.48 bits per heavy atom. The third kappa shape index (κ3) is 3.29. The van der Waals surface area contributed by atoms with E-state index >= 15 is 0 Å². The summed E-state index contributed by atoms with van der Waals surface area (Å²) in [4.78, 5) is 16.9. The number of hydrogen-bond donors (Lipinski definition) is 1. The first-order chi connectivity index (χ1) is 12.2. The SMILES string of the molecule is O=C(C[NH2+]c1ccccc1)N1c2ccccc2Sc2ccc(Cl)cc21. The first-order valence-electron chi connectivity index (χ1n) is 8.00. The molecule has 0 aromatic heterocycles. The number of carbonyl (C=O) groups excluding carboxylic acids is 1. The van der Waals surface area contributed by atoms with Gasteiger partial charge in [-0.3, -0.25) is 9.69 Å². The predicted octanol–water partition coefficient (Wildman–Crippen LogP) is 4.36. The molecule has 0 spiro atoms. The van der Waals surface area contributed by atoms with Crippen molar-refractivity contribution in [3.63, 3.8) is 0 Å². The summed E-state index contributed by atoms with van der Waals surface area (Å²) in [6.45, 7) is 0.328. The van der Waals surface area contributed by atoms with Crippen LogP contribution in [0.15, 0.2) is 82.6 Å². The number of para-hydroxylation sites is 2. The van der Waals surface area contributed by atoms with E-state index in [-0.39, 0.29) is 5.91 Å². The summed E-state index contributed by atoms with van der Waals surface area (Å²) < 4.78 is 0. The van der Waals surface area contributed by atoms with Gasteiger partial charge in [-0.15, -0.1) is 0 Å². The molecule has 1 heterocycles. The maximum Gasteiger partial charge on any atom is 0.287 e. The normalized spacial score (nSPS) is 12.4. The second kappa shape index (κ2) is 6.92. The number of anilines is 2. The Hall–Kier alpha value is -2.27. The Labute approximate surface area is 155 Å². The van der Waals surface area contributed by atoms with E-state index < -0.39 is 0 Å². The van der Waals surface area contributed by atoms with Gasteiger partial charge in [-0.25, -0.2) is 0 Å². The highest BCUT2D eigenvalue weighted by atomic mass is 35.5. The van der Waals surface area contributed by atoms with E-state index in [1.807, 2.05) is 78.1 Å². The quantitative estimate of drug-likeness (QED) is 0.698. The zero-order chi connectivity index (χ0) is 17.2. The Morgan fingerprint density at radius 2 is 1.64 bits per heavy atom. The van der Waals surface area contributed by atoms with Crippen LogP contribution in [-0.2, 0) is 4.79 Å². The van der Waals surface area contributed by atoms with Gasteiger partial charge in [0.2, 0.25) is 0 Å². The van der Waals surface area contributed by atoms with Crippen molar-refractivity contribution >= 4 is 46.3 Å². The van der Waals surface area contributed by atoms with E-state index in [0.29, 0.717) is 11.6 Å². The lowest BCUT2D eigenvalue weighted by atomic mass is 10.2. The molecule has 3 aromatic rings. The summed E-state index contributed by atoms with van der Waals surface area (Å²) in [6, 6.07) is 23.6. The molecular weight excluding hydrogens is 352 g/mol. The molecule has 124 valence electrons. The summed E-state index contributed by atoms with van der Waals surface area (Å²) in [7, 11) is 0. The van der Waals surface area contributed by atoms with Gasteiger partial charge in [0, 0.05) is 14.8 Å². The Balaban J connectivity index is 1.68. The first kappa shape index (κ1) is 16.2. The van der Waals surface area contributed by atoms with Crippen molar-refractivity contribution in [2.24, 2.45) is 0 Å². The monoisotopic (exact) mass is 367 g/mol. The van der Waals surface area contributed by atoms with E-state index in [0.717, 1.165) is 26.9 Å². The summed E-state index contributed by atoms with van der Waals surface area (Å²) in [6.07, 6.45) is 0. The average Bonchev–Trinajstić information content (AvgIpc) is 2.65. The lowest BCUT2D eigenvalue weighted by Gasteiger charge is -2.30. The van der Waals surface area contributed by atoms with Crippen LogP contribution in [0.25, 0.3) is 0 Å². The molecule has 0 fully saturated rings. The number of rotatable bonds is 3. The molecule has 5 heteroatoms. The molecule has 4 rings (SSSR count). The third-order valence-corrected chi connectivity index (χ3v) is 5.41. The fourth-order valence-corrected chi connectivity index (χ4v) is 4.09. The molecule has 0 bridgehead atoms. The van der Waals surface area contributed by atoms with Gasteiger partial charge in [-0.1, -0.05) is 53.7 Å². The fourth-order valence-electron chi connectivity index (χ4n) is 2.88. The molecule has 0 unspecified atom stereocenters. The van der Waals surface area contributed by atoms with Crippen LogP contribution in [0, 0.1) is 0 Å². The molecule has 2 N–H and O–H groups in total. The van der Waals surface area contributed by atoms with Gasteiger partial charge in [0.05, 0.1) is 11.4 Å². The van der Waals surface area contributed by atoms with Gasteiger partial charge in [-0.05, 0) is 42.5 Å². The summed E-state index contributed by atoms with van der Waals surface area (Å²) in [5.41, 5.74) is 2.80. The number of amides is 1. The Morgan fingerprint density at radius 1 is 0.920 bits per heavy atom. The van der Waals surface area contributed by atoms with E-state index in [9.17, 15) is 4.79 Å². The van der Waals surface area contributed by atoms with Gasteiger partial charge in [0.15, 0.2) is 6.54 Å². The highest BCUT2D eigenvalue weighted by molar-refractivity contribution is 7.99. The van der Waals surface area contributed by atoms with Crippen molar-refractivity contribution in [1.82, 2.24) is 0 Å². The topological polar surface area (TPSA) is 36.9 Å². The minimum Gasteiger partial charge on any atom is -0.306 e. The number of fused-ring (bicyclic) bond motifs is 2. The number of hydrogen-bond acceptors (Lipinski definition) is 2. The van der Waals surface area contributed by atoms with Gasteiger partial charge >= 0.3 is 0 Å². The summed E-state index contributed by atoms with van der Waals surface area (Å²) in [5.74, 6) is 0.0279. The minimum atomic E-state index is 0.0279. The lowest BCUT2D eigenvalue weighted by molar-refractivity contribution is -0.559. The molecule has 1 aliphatic rings. The van der Waals surface area contributed by atoms with E-state index in [1.54, 1.807) is 16.7 Å². The van der Waals surface area contributed by atoms with Crippen LogP contribution in [-0.4, -0.2) is 12.5 Å².